The summed E-state index contributed by atoms with van der Waals surface area (Å²) in [4.78, 5) is 0. The first-order valence-corrected chi connectivity index (χ1v) is 16.6. The maximum absolute atomic E-state index is 3.36. The van der Waals surface area contributed by atoms with E-state index in [1.807, 2.05) is 11.3 Å². The predicted octanol–water partition coefficient (Wildman–Crippen LogP) is 13.7. The summed E-state index contributed by atoms with van der Waals surface area (Å²) < 4.78 is 2.68. The lowest BCUT2D eigenvalue weighted by Gasteiger charge is -2.11. The van der Waals surface area contributed by atoms with E-state index in [9.17, 15) is 0 Å². The summed E-state index contributed by atoms with van der Waals surface area (Å²) in [7, 11) is 0. The Morgan fingerprint density at radius 1 is 0.298 bits per heavy atom. The van der Waals surface area contributed by atoms with E-state index in [2.05, 4.69) is 183 Å². The Morgan fingerprint density at radius 2 is 0.660 bits per heavy atom. The number of allylic oxidation sites excluding steroid dienone is 2. The molecular weight excluding hydrogens is 585 g/mol. The number of benzene rings is 7. The quantitative estimate of drug-likeness (QED) is 0.163. The van der Waals surface area contributed by atoms with Gasteiger partial charge in [0, 0.05) is 20.2 Å². The van der Waals surface area contributed by atoms with Gasteiger partial charge in [-0.2, -0.15) is 0 Å². The van der Waals surface area contributed by atoms with Gasteiger partial charge in [0.15, 0.2) is 0 Å². The molecule has 0 atom stereocenters. The molecule has 0 nitrogen and oxygen atoms in total. The molecule has 8 aromatic rings. The number of hydrogen-bond acceptors (Lipinski definition) is 1. The van der Waals surface area contributed by atoms with Gasteiger partial charge < -0.3 is 0 Å². The predicted molar refractivity (Wildman–Crippen MR) is 207 cm³/mol. The van der Waals surface area contributed by atoms with Crippen molar-refractivity contribution in [3.05, 3.63) is 195 Å². The summed E-state index contributed by atoms with van der Waals surface area (Å²) in [5.74, 6) is 0. The van der Waals surface area contributed by atoms with Crippen molar-refractivity contribution in [1.82, 2.24) is 0 Å². The van der Waals surface area contributed by atoms with Crippen LogP contribution in [0.25, 0.3) is 75.8 Å². The van der Waals surface area contributed by atoms with Crippen molar-refractivity contribution in [3.8, 4) is 55.6 Å². The zero-order valence-corrected chi connectivity index (χ0v) is 27.0. The Labute approximate surface area is 281 Å². The Hall–Kier alpha value is -5.76. The van der Waals surface area contributed by atoms with E-state index in [1.165, 1.54) is 75.8 Å². The van der Waals surface area contributed by atoms with Crippen LogP contribution in [0.3, 0.4) is 0 Å². The number of rotatable bonds is 6. The summed E-state index contributed by atoms with van der Waals surface area (Å²) in [5, 5.41) is 2.67. The third-order valence-corrected chi connectivity index (χ3v) is 9.59. The van der Waals surface area contributed by atoms with Crippen molar-refractivity contribution in [2.75, 3.05) is 0 Å². The maximum Gasteiger partial charge on any atom is 0.0355 e. The van der Waals surface area contributed by atoms with Gasteiger partial charge in [-0.1, -0.05) is 153 Å². The monoisotopic (exact) mass is 618 g/mol. The van der Waals surface area contributed by atoms with E-state index >= 15 is 0 Å². The fraction of sp³-hybridized carbons (Fsp3) is 0. The van der Waals surface area contributed by atoms with Gasteiger partial charge in [0.25, 0.3) is 0 Å². The molecule has 1 heteroatoms. The van der Waals surface area contributed by atoms with Crippen LogP contribution >= 0.6 is 11.3 Å². The highest BCUT2D eigenvalue weighted by atomic mass is 32.1. The largest absolute Gasteiger partial charge is 0.135 e. The van der Waals surface area contributed by atoms with Crippen LogP contribution in [0.1, 0.15) is 0 Å². The molecule has 0 aliphatic carbocycles. The van der Waals surface area contributed by atoms with E-state index in [4.69, 9.17) is 0 Å². The highest BCUT2D eigenvalue weighted by Crippen LogP contribution is 2.37. The van der Waals surface area contributed by atoms with E-state index in [1.54, 1.807) is 12.2 Å². The standard InChI is InChI=1S/C42H28S.C4H6/c1-2-10-29(11-3-1)30-12-6-13-31(24-30)32-14-7-15-33(25-32)34-16-8-17-35(26-34)36-18-9-19-37(27-36)38-22-23-42-40(28-38)39-20-4-5-21-41(39)43-42;1-3-4-2/h1-28H;3-4H,1-2H2. The van der Waals surface area contributed by atoms with Crippen molar-refractivity contribution in [3.63, 3.8) is 0 Å². The average Bonchev–Trinajstić information content (AvgIpc) is 3.53. The molecule has 0 saturated heterocycles. The number of fused-ring (bicyclic) bond motifs is 3. The van der Waals surface area contributed by atoms with Gasteiger partial charge in [-0.3, -0.25) is 0 Å². The second kappa shape index (κ2) is 13.7. The summed E-state index contributed by atoms with van der Waals surface area (Å²) in [6, 6.07) is 61.7. The van der Waals surface area contributed by atoms with Crippen LogP contribution in [0.5, 0.6) is 0 Å². The van der Waals surface area contributed by atoms with Gasteiger partial charge in [-0.05, 0) is 98.1 Å². The topological polar surface area (TPSA) is 0 Å². The van der Waals surface area contributed by atoms with E-state index < -0.39 is 0 Å². The van der Waals surface area contributed by atoms with Crippen LogP contribution < -0.4 is 0 Å². The molecule has 0 aliphatic rings. The molecule has 0 aliphatic heterocycles. The molecule has 0 radical (unpaired) electrons. The smallest absolute Gasteiger partial charge is 0.0355 e. The molecule has 0 amide bonds. The Balaban J connectivity index is 0.000000833. The van der Waals surface area contributed by atoms with Crippen LogP contribution in [0.4, 0.5) is 0 Å². The van der Waals surface area contributed by atoms with Crippen molar-refractivity contribution in [2.24, 2.45) is 0 Å². The average molecular weight is 619 g/mol. The summed E-state index contributed by atoms with van der Waals surface area (Å²) in [5.41, 5.74) is 12.3. The first-order chi connectivity index (χ1) is 23.2. The van der Waals surface area contributed by atoms with Gasteiger partial charge in [-0.25, -0.2) is 0 Å². The Morgan fingerprint density at radius 3 is 1.13 bits per heavy atom. The molecule has 0 N–H and O–H groups in total. The molecule has 0 fully saturated rings. The van der Waals surface area contributed by atoms with Gasteiger partial charge in [0.05, 0.1) is 0 Å². The van der Waals surface area contributed by atoms with E-state index in [-0.39, 0.29) is 0 Å². The van der Waals surface area contributed by atoms with Crippen molar-refractivity contribution >= 4 is 31.5 Å². The molecule has 47 heavy (non-hydrogen) atoms. The normalized spacial score (nSPS) is 10.7. The van der Waals surface area contributed by atoms with Gasteiger partial charge in [-0.15, -0.1) is 11.3 Å². The molecule has 1 aromatic heterocycles. The molecular formula is C46H34S. The summed E-state index contributed by atoms with van der Waals surface area (Å²) in [6.07, 6.45) is 3.28. The van der Waals surface area contributed by atoms with Crippen LogP contribution in [0.2, 0.25) is 0 Å². The molecule has 7 aromatic carbocycles. The lowest BCUT2D eigenvalue weighted by molar-refractivity contribution is 1.56. The minimum Gasteiger partial charge on any atom is -0.135 e. The third-order valence-electron chi connectivity index (χ3n) is 8.43. The molecule has 0 unspecified atom stereocenters. The highest BCUT2D eigenvalue weighted by Gasteiger charge is 2.09. The first kappa shape index (κ1) is 29.9. The molecule has 0 bridgehead atoms. The maximum atomic E-state index is 3.36. The van der Waals surface area contributed by atoms with E-state index in [0.29, 0.717) is 0 Å². The van der Waals surface area contributed by atoms with Crippen LogP contribution in [-0.2, 0) is 0 Å². The zero-order valence-electron chi connectivity index (χ0n) is 26.1. The minimum atomic E-state index is 1.22. The zero-order chi connectivity index (χ0) is 32.0. The summed E-state index contributed by atoms with van der Waals surface area (Å²) >= 11 is 1.86. The Kier molecular flexibility index (Phi) is 8.73. The minimum absolute atomic E-state index is 1.22. The lowest BCUT2D eigenvalue weighted by atomic mass is 9.94. The molecule has 1 heterocycles. The molecule has 224 valence electrons. The second-order valence-electron chi connectivity index (χ2n) is 11.5. The molecule has 0 saturated carbocycles. The first-order valence-electron chi connectivity index (χ1n) is 15.8. The lowest BCUT2D eigenvalue weighted by Crippen LogP contribution is -1.85. The van der Waals surface area contributed by atoms with Crippen LogP contribution in [0, 0.1) is 0 Å². The van der Waals surface area contributed by atoms with Crippen LogP contribution in [0.15, 0.2) is 195 Å². The van der Waals surface area contributed by atoms with Gasteiger partial charge >= 0.3 is 0 Å². The third kappa shape index (κ3) is 6.49. The van der Waals surface area contributed by atoms with Crippen molar-refractivity contribution < 1.29 is 0 Å². The fourth-order valence-electron chi connectivity index (χ4n) is 6.05. The molecule has 8 rings (SSSR count). The Bertz CT molecular complexity index is 2330. The number of thiophene rings is 1. The highest BCUT2D eigenvalue weighted by molar-refractivity contribution is 7.25. The van der Waals surface area contributed by atoms with Gasteiger partial charge in [0.1, 0.15) is 0 Å². The second-order valence-corrected chi connectivity index (χ2v) is 12.6. The van der Waals surface area contributed by atoms with Crippen molar-refractivity contribution in [1.29, 1.82) is 0 Å². The molecule has 0 spiro atoms. The van der Waals surface area contributed by atoms with Gasteiger partial charge in [0.2, 0.25) is 0 Å². The SMILES string of the molecule is C=CC=C.c1ccc(-c2cccc(-c3cccc(-c4cccc(-c5cccc(-c6ccc7sc8ccccc8c7c6)c5)c4)c3)c2)cc1. The van der Waals surface area contributed by atoms with E-state index in [0.717, 1.165) is 0 Å². The summed E-state index contributed by atoms with van der Waals surface area (Å²) in [6.45, 7) is 6.72. The van der Waals surface area contributed by atoms with Crippen molar-refractivity contribution in [2.45, 2.75) is 0 Å². The fourth-order valence-corrected chi connectivity index (χ4v) is 7.14. The van der Waals surface area contributed by atoms with Crippen LogP contribution in [-0.4, -0.2) is 0 Å². The number of hydrogen-bond donors (Lipinski definition) is 0.